The molecule has 0 aromatic heterocycles. The monoisotopic (exact) mass is 325 g/mol. The number of rotatable bonds is 4. The molecule has 0 spiro atoms. The summed E-state index contributed by atoms with van der Waals surface area (Å²) in [6, 6.07) is 5.82. The van der Waals surface area contributed by atoms with Crippen molar-refractivity contribution in [2.75, 3.05) is 36.8 Å². The largest absolute Gasteiger partial charge is 0.433 e. The lowest BCUT2D eigenvalue weighted by molar-refractivity contribution is -0.0493. The Hall–Kier alpha value is -1.56. The quantitative estimate of drug-likeness (QED) is 0.862. The molecule has 0 amide bonds. The fourth-order valence-electron chi connectivity index (χ4n) is 3.69. The molecule has 4 nitrogen and oxygen atoms in total. The Morgan fingerprint density at radius 3 is 2.39 bits per heavy atom. The van der Waals surface area contributed by atoms with E-state index in [9.17, 15) is 8.78 Å². The van der Waals surface area contributed by atoms with Gasteiger partial charge in [0.2, 0.25) is 0 Å². The van der Waals surface area contributed by atoms with Crippen LogP contribution in [0.2, 0.25) is 0 Å². The average Bonchev–Trinajstić information content (AvgIpc) is 2.57. The Labute approximate surface area is 136 Å². The maximum atomic E-state index is 12.4. The molecule has 2 N–H and O–H groups in total. The van der Waals surface area contributed by atoms with Gasteiger partial charge in [0, 0.05) is 30.9 Å². The molecule has 3 rings (SSSR count). The standard InChI is InChI=1S/C17H25F2N3O/c18-17(19)23-16-12-14(4-5-15(16)20)22-10-6-13(7-11-22)21-8-2-1-3-9-21/h4-5,12-13,17H,1-3,6-11,20H2. The molecule has 128 valence electrons. The Kier molecular flexibility index (Phi) is 5.20. The second kappa shape index (κ2) is 7.34. The van der Waals surface area contributed by atoms with Crippen LogP contribution in [-0.2, 0) is 0 Å². The van der Waals surface area contributed by atoms with Crippen molar-refractivity contribution in [3.8, 4) is 5.75 Å². The summed E-state index contributed by atoms with van der Waals surface area (Å²) in [5, 5.41) is 0. The molecule has 0 saturated carbocycles. The first-order chi connectivity index (χ1) is 11.1. The van der Waals surface area contributed by atoms with Gasteiger partial charge in [0.1, 0.15) is 0 Å². The van der Waals surface area contributed by atoms with E-state index in [1.165, 1.54) is 32.4 Å². The summed E-state index contributed by atoms with van der Waals surface area (Å²) in [7, 11) is 0. The van der Waals surface area contributed by atoms with E-state index in [0.717, 1.165) is 31.6 Å². The summed E-state index contributed by atoms with van der Waals surface area (Å²) in [4.78, 5) is 4.85. The van der Waals surface area contributed by atoms with Crippen molar-refractivity contribution in [2.24, 2.45) is 0 Å². The molecule has 2 fully saturated rings. The fourth-order valence-corrected chi connectivity index (χ4v) is 3.69. The highest BCUT2D eigenvalue weighted by Gasteiger charge is 2.26. The average molecular weight is 325 g/mol. The first-order valence-electron chi connectivity index (χ1n) is 8.47. The van der Waals surface area contributed by atoms with Crippen LogP contribution in [0.1, 0.15) is 32.1 Å². The lowest BCUT2D eigenvalue weighted by Gasteiger charge is -2.41. The van der Waals surface area contributed by atoms with Crippen LogP contribution in [0.3, 0.4) is 0 Å². The van der Waals surface area contributed by atoms with Gasteiger partial charge in [0.15, 0.2) is 5.75 Å². The molecule has 0 unspecified atom stereocenters. The van der Waals surface area contributed by atoms with Crippen LogP contribution in [0.15, 0.2) is 18.2 Å². The number of halogens is 2. The maximum Gasteiger partial charge on any atom is 0.387 e. The number of hydrogen-bond acceptors (Lipinski definition) is 4. The van der Waals surface area contributed by atoms with E-state index in [0.29, 0.717) is 6.04 Å². The Morgan fingerprint density at radius 2 is 1.74 bits per heavy atom. The smallest absolute Gasteiger partial charge is 0.387 e. The highest BCUT2D eigenvalue weighted by molar-refractivity contribution is 5.62. The maximum absolute atomic E-state index is 12.4. The third kappa shape index (κ3) is 4.05. The lowest BCUT2D eigenvalue weighted by atomic mass is 9.99. The van der Waals surface area contributed by atoms with E-state index in [4.69, 9.17) is 5.73 Å². The van der Waals surface area contributed by atoms with Gasteiger partial charge < -0.3 is 20.3 Å². The first-order valence-corrected chi connectivity index (χ1v) is 8.47. The Morgan fingerprint density at radius 1 is 1.04 bits per heavy atom. The van der Waals surface area contributed by atoms with Crippen molar-refractivity contribution < 1.29 is 13.5 Å². The van der Waals surface area contributed by atoms with Gasteiger partial charge in [-0.1, -0.05) is 6.42 Å². The number of benzene rings is 1. The number of piperidine rings is 2. The van der Waals surface area contributed by atoms with Crippen LogP contribution in [0.4, 0.5) is 20.2 Å². The minimum absolute atomic E-state index is 0.0654. The van der Waals surface area contributed by atoms with Crippen LogP contribution in [0, 0.1) is 0 Å². The molecule has 0 atom stereocenters. The van der Waals surface area contributed by atoms with E-state index in [2.05, 4.69) is 14.5 Å². The van der Waals surface area contributed by atoms with Crippen molar-refractivity contribution >= 4 is 11.4 Å². The third-order valence-electron chi connectivity index (χ3n) is 4.95. The summed E-state index contributed by atoms with van der Waals surface area (Å²) in [6.07, 6.45) is 6.22. The van der Waals surface area contributed by atoms with Crippen molar-refractivity contribution in [3.05, 3.63) is 18.2 Å². The van der Waals surface area contributed by atoms with Crippen LogP contribution in [-0.4, -0.2) is 43.7 Å². The van der Waals surface area contributed by atoms with E-state index in [-0.39, 0.29) is 11.4 Å². The molecule has 23 heavy (non-hydrogen) atoms. The number of hydrogen-bond donors (Lipinski definition) is 1. The predicted octanol–water partition coefficient (Wildman–Crippen LogP) is 3.32. The van der Waals surface area contributed by atoms with Crippen molar-refractivity contribution in [3.63, 3.8) is 0 Å². The number of ether oxygens (including phenoxy) is 1. The zero-order valence-electron chi connectivity index (χ0n) is 13.4. The van der Waals surface area contributed by atoms with Gasteiger partial charge >= 0.3 is 6.61 Å². The highest BCUT2D eigenvalue weighted by atomic mass is 19.3. The molecular weight excluding hydrogens is 300 g/mol. The third-order valence-corrected chi connectivity index (χ3v) is 4.95. The van der Waals surface area contributed by atoms with Gasteiger partial charge in [-0.25, -0.2) is 0 Å². The summed E-state index contributed by atoms with van der Waals surface area (Å²) in [6.45, 7) is 1.48. The minimum atomic E-state index is -2.85. The molecule has 1 aromatic rings. The van der Waals surface area contributed by atoms with Gasteiger partial charge in [0.25, 0.3) is 0 Å². The van der Waals surface area contributed by atoms with E-state index in [1.54, 1.807) is 12.1 Å². The zero-order valence-corrected chi connectivity index (χ0v) is 13.4. The lowest BCUT2D eigenvalue weighted by Crippen LogP contribution is -2.46. The van der Waals surface area contributed by atoms with Gasteiger partial charge in [-0.05, 0) is 50.9 Å². The molecule has 0 radical (unpaired) electrons. The summed E-state index contributed by atoms with van der Waals surface area (Å²) in [5.41, 5.74) is 6.86. The molecule has 2 aliphatic rings. The Bertz CT molecular complexity index is 513. The SMILES string of the molecule is Nc1ccc(N2CCC(N3CCCCC3)CC2)cc1OC(F)F. The number of anilines is 2. The highest BCUT2D eigenvalue weighted by Crippen LogP contribution is 2.31. The topological polar surface area (TPSA) is 41.7 Å². The van der Waals surface area contributed by atoms with Crippen LogP contribution in [0.5, 0.6) is 5.75 Å². The number of likely N-dealkylation sites (tertiary alicyclic amines) is 1. The van der Waals surface area contributed by atoms with E-state index < -0.39 is 6.61 Å². The van der Waals surface area contributed by atoms with E-state index in [1.807, 2.05) is 6.07 Å². The summed E-state index contributed by atoms with van der Waals surface area (Å²) >= 11 is 0. The molecule has 2 saturated heterocycles. The van der Waals surface area contributed by atoms with Crippen LogP contribution < -0.4 is 15.4 Å². The van der Waals surface area contributed by atoms with Gasteiger partial charge in [-0.2, -0.15) is 8.78 Å². The minimum Gasteiger partial charge on any atom is -0.433 e. The predicted molar refractivity (Wildman–Crippen MR) is 88.1 cm³/mol. The fraction of sp³-hybridized carbons (Fsp3) is 0.647. The summed E-state index contributed by atoms with van der Waals surface area (Å²) < 4.78 is 29.4. The van der Waals surface area contributed by atoms with Crippen molar-refractivity contribution in [1.82, 2.24) is 4.90 Å². The molecular formula is C17H25F2N3O. The molecule has 6 heteroatoms. The van der Waals surface area contributed by atoms with Gasteiger partial charge in [0.05, 0.1) is 5.69 Å². The first kappa shape index (κ1) is 16.3. The number of alkyl halides is 2. The number of nitrogen functional groups attached to an aromatic ring is 1. The van der Waals surface area contributed by atoms with E-state index >= 15 is 0 Å². The normalized spacial score (nSPS) is 20.9. The van der Waals surface area contributed by atoms with Crippen LogP contribution >= 0.6 is 0 Å². The zero-order chi connectivity index (χ0) is 16.2. The number of nitrogens with zero attached hydrogens (tertiary/aromatic N) is 2. The Balaban J connectivity index is 1.60. The molecule has 2 heterocycles. The van der Waals surface area contributed by atoms with Gasteiger partial charge in [-0.3, -0.25) is 0 Å². The molecule has 0 bridgehead atoms. The van der Waals surface area contributed by atoms with Crippen molar-refractivity contribution in [2.45, 2.75) is 44.8 Å². The second-order valence-electron chi connectivity index (χ2n) is 6.42. The van der Waals surface area contributed by atoms with Gasteiger partial charge in [-0.15, -0.1) is 0 Å². The van der Waals surface area contributed by atoms with Crippen LogP contribution in [0.25, 0.3) is 0 Å². The summed E-state index contributed by atoms with van der Waals surface area (Å²) in [5.74, 6) is 0.0654. The second-order valence-corrected chi connectivity index (χ2v) is 6.42. The molecule has 1 aromatic carbocycles. The molecule has 0 aliphatic carbocycles. The van der Waals surface area contributed by atoms with Crippen molar-refractivity contribution in [1.29, 1.82) is 0 Å². The number of nitrogens with two attached hydrogens (primary N) is 1. The molecule has 2 aliphatic heterocycles.